The summed E-state index contributed by atoms with van der Waals surface area (Å²) in [5.41, 5.74) is 1.02. The molecule has 1 fully saturated rings. The standard InChI is InChI=1S/C23H30N6O2S/c1-17-25-22(29-11-9-28(10-12-29)13-14-30)15-21(27(17)2)26-23-24-16-20(32-23)8-5-18-3-6-19(31)7-4-18/h3-8,15-17,30-31H,9-14H2,1-2H3,(H,24,26)/b8-5+. The van der Waals surface area contributed by atoms with Gasteiger partial charge in [-0.05, 0) is 30.7 Å². The SMILES string of the molecule is CC1N=C(N2CCN(CCO)CC2)C=C(Nc2ncc(/C=C/c3ccc(O)cc3)s2)N1C. The topological polar surface area (TPSA) is 87.5 Å². The quantitative estimate of drug-likeness (QED) is 0.618. The largest absolute Gasteiger partial charge is 0.508 e. The first-order valence-corrected chi connectivity index (χ1v) is 11.6. The van der Waals surface area contributed by atoms with E-state index in [-0.39, 0.29) is 18.5 Å². The molecule has 4 rings (SSSR count). The monoisotopic (exact) mass is 454 g/mol. The Morgan fingerprint density at radius 3 is 2.62 bits per heavy atom. The molecule has 0 radical (unpaired) electrons. The minimum atomic E-state index is 0.0294. The van der Waals surface area contributed by atoms with E-state index in [1.54, 1.807) is 23.5 Å². The van der Waals surface area contributed by atoms with Crippen molar-refractivity contribution in [2.45, 2.75) is 13.1 Å². The molecule has 0 aliphatic carbocycles. The van der Waals surface area contributed by atoms with Gasteiger partial charge in [0.05, 0.1) is 6.61 Å². The lowest BCUT2D eigenvalue weighted by atomic mass is 10.2. The van der Waals surface area contributed by atoms with Crippen LogP contribution in [0.1, 0.15) is 17.4 Å². The fourth-order valence-electron chi connectivity index (χ4n) is 3.67. The minimum Gasteiger partial charge on any atom is -0.508 e. The molecule has 1 aromatic carbocycles. The molecule has 2 aliphatic rings. The van der Waals surface area contributed by atoms with Crippen molar-refractivity contribution in [1.29, 1.82) is 0 Å². The number of thiazole rings is 1. The Morgan fingerprint density at radius 1 is 1.16 bits per heavy atom. The lowest BCUT2D eigenvalue weighted by Gasteiger charge is -2.39. The first-order valence-electron chi connectivity index (χ1n) is 10.8. The number of aromatic nitrogens is 1. The number of nitrogens with one attached hydrogen (secondary N) is 1. The molecule has 0 spiro atoms. The van der Waals surface area contributed by atoms with Crippen molar-refractivity contribution in [3.63, 3.8) is 0 Å². The van der Waals surface area contributed by atoms with E-state index in [9.17, 15) is 5.11 Å². The zero-order chi connectivity index (χ0) is 22.5. The van der Waals surface area contributed by atoms with Crippen LogP contribution in [0.4, 0.5) is 5.13 Å². The van der Waals surface area contributed by atoms with Crippen LogP contribution < -0.4 is 5.32 Å². The Bertz CT molecular complexity index is 992. The molecular weight excluding hydrogens is 424 g/mol. The smallest absolute Gasteiger partial charge is 0.188 e. The average molecular weight is 455 g/mol. The number of phenolic OH excluding ortho intramolecular Hbond substituents is 1. The van der Waals surface area contributed by atoms with Crippen molar-refractivity contribution in [1.82, 2.24) is 19.7 Å². The predicted octanol–water partition coefficient (Wildman–Crippen LogP) is 2.57. The number of benzene rings is 1. The number of anilines is 1. The van der Waals surface area contributed by atoms with Crippen LogP contribution in [-0.4, -0.2) is 88.3 Å². The van der Waals surface area contributed by atoms with Gasteiger partial charge in [-0.2, -0.15) is 0 Å². The lowest BCUT2D eigenvalue weighted by molar-refractivity contribution is 0.146. The highest BCUT2D eigenvalue weighted by Gasteiger charge is 2.24. The van der Waals surface area contributed by atoms with Crippen molar-refractivity contribution in [2.75, 3.05) is 51.7 Å². The van der Waals surface area contributed by atoms with Crippen LogP contribution in [0.15, 0.2) is 47.4 Å². The summed E-state index contributed by atoms with van der Waals surface area (Å²) in [4.78, 5) is 17.1. The Morgan fingerprint density at radius 2 is 1.91 bits per heavy atom. The molecule has 170 valence electrons. The highest BCUT2D eigenvalue weighted by molar-refractivity contribution is 7.16. The molecule has 2 aromatic rings. The predicted molar refractivity (Wildman–Crippen MR) is 131 cm³/mol. The Hall–Kier alpha value is -2.88. The van der Waals surface area contributed by atoms with Gasteiger partial charge in [-0.25, -0.2) is 9.98 Å². The normalized spacial score (nSPS) is 19.9. The summed E-state index contributed by atoms with van der Waals surface area (Å²) in [6.45, 7) is 6.70. The molecule has 1 atom stereocenters. The molecule has 3 N–H and O–H groups in total. The molecule has 0 bridgehead atoms. The van der Waals surface area contributed by atoms with Crippen LogP contribution in [0.5, 0.6) is 5.75 Å². The molecule has 32 heavy (non-hydrogen) atoms. The van der Waals surface area contributed by atoms with Crippen LogP contribution in [0.25, 0.3) is 12.2 Å². The Balaban J connectivity index is 1.41. The van der Waals surface area contributed by atoms with Crippen LogP contribution in [-0.2, 0) is 0 Å². The number of aliphatic hydroxyl groups is 1. The highest BCUT2D eigenvalue weighted by Crippen LogP contribution is 2.25. The number of nitrogens with zero attached hydrogens (tertiary/aromatic N) is 5. The third-order valence-corrected chi connectivity index (χ3v) is 6.61. The zero-order valence-corrected chi connectivity index (χ0v) is 19.3. The summed E-state index contributed by atoms with van der Waals surface area (Å²) in [5.74, 6) is 2.23. The number of aromatic hydroxyl groups is 1. The second-order valence-corrected chi connectivity index (χ2v) is 8.99. The number of phenols is 1. The van der Waals surface area contributed by atoms with Gasteiger partial charge >= 0.3 is 0 Å². The summed E-state index contributed by atoms with van der Waals surface area (Å²) in [6.07, 6.45) is 8.00. The number of hydrogen-bond acceptors (Lipinski definition) is 9. The third-order valence-electron chi connectivity index (χ3n) is 5.73. The summed E-state index contributed by atoms with van der Waals surface area (Å²) in [7, 11) is 2.03. The average Bonchev–Trinajstić information content (AvgIpc) is 3.24. The molecule has 8 nitrogen and oxygen atoms in total. The van der Waals surface area contributed by atoms with Crippen molar-refractivity contribution in [3.8, 4) is 5.75 Å². The number of piperazine rings is 1. The van der Waals surface area contributed by atoms with E-state index in [0.29, 0.717) is 0 Å². The van der Waals surface area contributed by atoms with Crippen molar-refractivity contribution in [2.24, 2.45) is 4.99 Å². The van der Waals surface area contributed by atoms with Gasteiger partial charge in [0, 0.05) is 56.9 Å². The van der Waals surface area contributed by atoms with E-state index in [1.807, 2.05) is 37.5 Å². The Kier molecular flexibility index (Phi) is 7.09. The van der Waals surface area contributed by atoms with Gasteiger partial charge in [-0.1, -0.05) is 29.5 Å². The molecule has 0 saturated carbocycles. The van der Waals surface area contributed by atoms with Gasteiger partial charge in [0.2, 0.25) is 0 Å². The number of aliphatic imine (C=N–C) groups is 1. The van der Waals surface area contributed by atoms with Crippen molar-refractivity contribution >= 4 is 34.5 Å². The van der Waals surface area contributed by atoms with Crippen molar-refractivity contribution in [3.05, 3.63) is 52.8 Å². The first kappa shape index (κ1) is 22.3. The fraction of sp³-hybridized carbons (Fsp3) is 0.391. The van der Waals surface area contributed by atoms with E-state index < -0.39 is 0 Å². The maximum atomic E-state index is 9.40. The number of rotatable bonds is 6. The van der Waals surface area contributed by atoms with E-state index in [0.717, 1.165) is 60.0 Å². The number of hydrogen-bond donors (Lipinski definition) is 3. The fourth-order valence-corrected chi connectivity index (χ4v) is 4.40. The first-order chi connectivity index (χ1) is 15.5. The van der Waals surface area contributed by atoms with Gasteiger partial charge < -0.3 is 25.3 Å². The maximum absolute atomic E-state index is 9.40. The molecule has 3 heterocycles. The molecule has 1 saturated heterocycles. The summed E-state index contributed by atoms with van der Waals surface area (Å²) in [5, 5.41) is 22.8. The molecular formula is C23H30N6O2S. The lowest BCUT2D eigenvalue weighted by Crippen LogP contribution is -2.50. The third kappa shape index (κ3) is 5.48. The Labute approximate surface area is 192 Å². The van der Waals surface area contributed by atoms with E-state index >= 15 is 0 Å². The zero-order valence-electron chi connectivity index (χ0n) is 18.5. The van der Waals surface area contributed by atoms with E-state index in [2.05, 4.69) is 38.0 Å². The van der Waals surface area contributed by atoms with Gasteiger partial charge in [-0.3, -0.25) is 4.90 Å². The number of amidine groups is 1. The van der Waals surface area contributed by atoms with Gasteiger partial charge in [0.15, 0.2) is 5.13 Å². The molecule has 0 amide bonds. The van der Waals surface area contributed by atoms with Gasteiger partial charge in [0.1, 0.15) is 23.6 Å². The summed E-state index contributed by atoms with van der Waals surface area (Å²) in [6, 6.07) is 7.11. The second-order valence-electron chi connectivity index (χ2n) is 7.93. The summed E-state index contributed by atoms with van der Waals surface area (Å²) < 4.78 is 0. The number of β-amino-alcohol motifs (C(OH)–C–C–N with tert-alkyl or cyclic N) is 1. The van der Waals surface area contributed by atoms with Crippen LogP contribution >= 0.6 is 11.3 Å². The second kappa shape index (κ2) is 10.2. The summed E-state index contributed by atoms with van der Waals surface area (Å²) >= 11 is 1.59. The highest BCUT2D eigenvalue weighted by atomic mass is 32.1. The van der Waals surface area contributed by atoms with Gasteiger partial charge in [0.25, 0.3) is 0 Å². The van der Waals surface area contributed by atoms with Crippen LogP contribution in [0.2, 0.25) is 0 Å². The van der Waals surface area contributed by atoms with Crippen LogP contribution in [0, 0.1) is 0 Å². The van der Waals surface area contributed by atoms with E-state index in [4.69, 9.17) is 10.1 Å². The van der Waals surface area contributed by atoms with E-state index in [1.165, 1.54) is 0 Å². The number of aliphatic hydroxyl groups excluding tert-OH is 1. The van der Waals surface area contributed by atoms with Crippen molar-refractivity contribution < 1.29 is 10.2 Å². The molecule has 1 aromatic heterocycles. The minimum absolute atomic E-state index is 0.0294. The maximum Gasteiger partial charge on any atom is 0.188 e. The molecule has 1 unspecified atom stereocenters. The molecule has 2 aliphatic heterocycles. The van der Waals surface area contributed by atoms with Crippen LogP contribution in [0.3, 0.4) is 0 Å². The van der Waals surface area contributed by atoms with Gasteiger partial charge in [-0.15, -0.1) is 0 Å². The molecule has 9 heteroatoms.